The summed E-state index contributed by atoms with van der Waals surface area (Å²) in [6.07, 6.45) is 0. The molecule has 0 aliphatic rings. The van der Waals surface area contributed by atoms with Crippen molar-refractivity contribution in [2.75, 3.05) is 4.72 Å². The van der Waals surface area contributed by atoms with Crippen LogP contribution < -0.4 is 9.52 Å². The van der Waals surface area contributed by atoms with Crippen LogP contribution in [0.15, 0.2) is 81.1 Å². The van der Waals surface area contributed by atoms with Gasteiger partial charge in [0, 0.05) is 27.3 Å². The van der Waals surface area contributed by atoms with Gasteiger partial charge in [0.15, 0.2) is 4.80 Å². The summed E-state index contributed by atoms with van der Waals surface area (Å²) in [5.41, 5.74) is 1.71. The highest BCUT2D eigenvalue weighted by Crippen LogP contribution is 2.23. The third-order valence-electron chi connectivity index (χ3n) is 4.67. The van der Waals surface area contributed by atoms with E-state index in [9.17, 15) is 13.2 Å². The zero-order chi connectivity index (χ0) is 22.9. The number of sulfonamides is 1. The third kappa shape index (κ3) is 4.80. The van der Waals surface area contributed by atoms with Crippen molar-refractivity contribution in [1.29, 1.82) is 0 Å². The number of carbonyl (C=O) groups is 1. The van der Waals surface area contributed by atoms with Gasteiger partial charge >= 0.3 is 0 Å². The zero-order valence-corrected chi connectivity index (χ0v) is 20.7. The van der Waals surface area contributed by atoms with Crippen molar-refractivity contribution in [3.63, 3.8) is 0 Å². The molecule has 1 heterocycles. The van der Waals surface area contributed by atoms with Gasteiger partial charge in [-0.25, -0.2) is 8.42 Å². The summed E-state index contributed by atoms with van der Waals surface area (Å²) in [5.74, 6) is -0.398. The number of amides is 1. The molecule has 0 bridgehead atoms. The van der Waals surface area contributed by atoms with Crippen LogP contribution in [-0.4, -0.2) is 18.9 Å². The number of hydrogen-bond acceptors (Lipinski definition) is 4. The monoisotopic (exact) mass is 549 g/mol. The molecule has 0 aliphatic carbocycles. The van der Waals surface area contributed by atoms with E-state index in [2.05, 4.69) is 25.6 Å². The minimum absolute atomic E-state index is 0.0950. The van der Waals surface area contributed by atoms with Crippen LogP contribution in [0.1, 0.15) is 17.3 Å². The minimum atomic E-state index is -3.76. The summed E-state index contributed by atoms with van der Waals surface area (Å²) in [6, 6.07) is 18.0. The average molecular weight is 551 g/mol. The maximum Gasteiger partial charge on any atom is 0.279 e. The fourth-order valence-electron chi connectivity index (χ4n) is 3.10. The Morgan fingerprint density at radius 2 is 1.78 bits per heavy atom. The van der Waals surface area contributed by atoms with Gasteiger partial charge in [0.1, 0.15) is 0 Å². The van der Waals surface area contributed by atoms with Gasteiger partial charge in [-0.2, -0.15) is 4.99 Å². The number of benzene rings is 3. The largest absolute Gasteiger partial charge is 0.317 e. The van der Waals surface area contributed by atoms with Crippen LogP contribution in [0.25, 0.3) is 10.2 Å². The summed E-state index contributed by atoms with van der Waals surface area (Å²) in [4.78, 5) is 17.7. The lowest BCUT2D eigenvalue weighted by molar-refractivity contribution is 0.0998. The second kappa shape index (κ2) is 9.19. The van der Waals surface area contributed by atoms with Gasteiger partial charge < -0.3 is 4.57 Å². The number of anilines is 1. The van der Waals surface area contributed by atoms with Gasteiger partial charge in [-0.1, -0.05) is 38.9 Å². The van der Waals surface area contributed by atoms with Crippen molar-refractivity contribution in [2.24, 2.45) is 4.99 Å². The molecule has 1 N–H and O–H groups in total. The Morgan fingerprint density at radius 1 is 1.09 bits per heavy atom. The molecular weight excluding hydrogens is 534 g/mol. The van der Waals surface area contributed by atoms with Crippen LogP contribution in [0.5, 0.6) is 0 Å². The maximum atomic E-state index is 12.7. The van der Waals surface area contributed by atoms with E-state index in [1.165, 1.54) is 47.7 Å². The van der Waals surface area contributed by atoms with Crippen molar-refractivity contribution in [3.05, 3.63) is 86.6 Å². The van der Waals surface area contributed by atoms with E-state index in [0.717, 1.165) is 14.7 Å². The predicted octanol–water partition coefficient (Wildman–Crippen LogP) is 5.68. The molecular formula is C22H17BrClN3O3S2. The molecule has 0 radical (unpaired) electrons. The van der Waals surface area contributed by atoms with Crippen molar-refractivity contribution in [3.8, 4) is 0 Å². The van der Waals surface area contributed by atoms with Gasteiger partial charge in [-0.15, -0.1) is 0 Å². The van der Waals surface area contributed by atoms with E-state index < -0.39 is 15.9 Å². The Bertz CT molecular complexity index is 1480. The molecule has 0 aliphatic heterocycles. The number of hydrogen-bond donors (Lipinski definition) is 1. The second-order valence-electron chi connectivity index (χ2n) is 6.79. The molecule has 4 aromatic rings. The first-order chi connectivity index (χ1) is 15.3. The fourth-order valence-corrected chi connectivity index (χ4v) is 5.93. The van der Waals surface area contributed by atoms with E-state index >= 15 is 0 Å². The van der Waals surface area contributed by atoms with Crippen molar-refractivity contribution < 1.29 is 13.2 Å². The molecule has 1 amide bonds. The summed E-state index contributed by atoms with van der Waals surface area (Å²) in [7, 11) is -3.76. The fraction of sp³-hybridized carbons (Fsp3) is 0.0909. The van der Waals surface area contributed by atoms with Crippen LogP contribution in [0, 0.1) is 0 Å². The van der Waals surface area contributed by atoms with E-state index in [4.69, 9.17) is 11.6 Å². The number of aryl methyl sites for hydroxylation is 1. The van der Waals surface area contributed by atoms with Crippen LogP contribution in [-0.2, 0) is 16.6 Å². The van der Waals surface area contributed by atoms with Gasteiger partial charge in [-0.3, -0.25) is 9.52 Å². The Hall–Kier alpha value is -2.46. The van der Waals surface area contributed by atoms with Crippen LogP contribution in [0.4, 0.5) is 5.69 Å². The van der Waals surface area contributed by atoms with E-state index in [1.807, 2.05) is 29.7 Å². The molecule has 6 nitrogen and oxygen atoms in total. The third-order valence-corrected chi connectivity index (χ3v) is 7.85. The molecule has 4 rings (SSSR count). The summed E-state index contributed by atoms with van der Waals surface area (Å²) >= 11 is 10.7. The van der Waals surface area contributed by atoms with Crippen molar-refractivity contribution in [1.82, 2.24) is 4.57 Å². The number of aromatic nitrogens is 1. The van der Waals surface area contributed by atoms with E-state index in [1.54, 1.807) is 12.1 Å². The highest BCUT2D eigenvalue weighted by molar-refractivity contribution is 9.10. The number of carbonyl (C=O) groups excluding carboxylic acids is 1. The number of nitrogens with one attached hydrogen (secondary N) is 1. The Labute approximate surface area is 202 Å². The van der Waals surface area contributed by atoms with Crippen LogP contribution >= 0.6 is 38.9 Å². The summed E-state index contributed by atoms with van der Waals surface area (Å²) < 4.78 is 31.5. The molecule has 1 aromatic heterocycles. The molecule has 0 unspecified atom stereocenters. The molecule has 0 spiro atoms. The number of thiazole rings is 1. The molecule has 0 saturated carbocycles. The number of nitrogens with zero attached hydrogens (tertiary/aromatic N) is 2. The summed E-state index contributed by atoms with van der Waals surface area (Å²) in [6.45, 7) is 2.68. The highest BCUT2D eigenvalue weighted by atomic mass is 79.9. The molecule has 10 heteroatoms. The number of rotatable bonds is 5. The van der Waals surface area contributed by atoms with Crippen LogP contribution in [0.2, 0.25) is 5.02 Å². The van der Waals surface area contributed by atoms with Gasteiger partial charge in [0.25, 0.3) is 15.9 Å². The molecule has 0 saturated heterocycles. The topological polar surface area (TPSA) is 80.5 Å². The van der Waals surface area contributed by atoms with E-state index in [0.29, 0.717) is 27.6 Å². The molecule has 0 fully saturated rings. The Kier molecular flexibility index (Phi) is 6.52. The lowest BCUT2D eigenvalue weighted by Crippen LogP contribution is -2.16. The van der Waals surface area contributed by atoms with Crippen LogP contribution in [0.3, 0.4) is 0 Å². The smallest absolute Gasteiger partial charge is 0.279 e. The van der Waals surface area contributed by atoms with Gasteiger partial charge in [-0.05, 0) is 73.7 Å². The quantitative estimate of drug-likeness (QED) is 0.347. The maximum absolute atomic E-state index is 12.7. The van der Waals surface area contributed by atoms with Crippen molar-refractivity contribution >= 4 is 70.7 Å². The number of halogens is 2. The molecule has 32 heavy (non-hydrogen) atoms. The van der Waals surface area contributed by atoms with E-state index in [-0.39, 0.29) is 4.90 Å². The highest BCUT2D eigenvalue weighted by Gasteiger charge is 2.15. The lowest BCUT2D eigenvalue weighted by Gasteiger charge is -2.08. The lowest BCUT2D eigenvalue weighted by atomic mass is 10.2. The SMILES string of the molecule is CCn1c(=NC(=O)c2ccc(NS(=O)(=O)c3ccc(Cl)cc3)cc2)sc2cc(Br)ccc21. The Morgan fingerprint density at radius 3 is 2.44 bits per heavy atom. The Balaban J connectivity index is 1.59. The summed E-state index contributed by atoms with van der Waals surface area (Å²) in [5, 5.41) is 0.450. The first kappa shape index (κ1) is 22.7. The number of fused-ring (bicyclic) bond motifs is 1. The first-order valence-corrected chi connectivity index (χ1v) is 13.0. The van der Waals surface area contributed by atoms with Gasteiger partial charge in [0.2, 0.25) is 0 Å². The predicted molar refractivity (Wildman–Crippen MR) is 132 cm³/mol. The molecule has 3 aromatic carbocycles. The normalized spacial score (nSPS) is 12.3. The second-order valence-corrected chi connectivity index (χ2v) is 10.8. The van der Waals surface area contributed by atoms with Gasteiger partial charge in [0.05, 0.1) is 15.1 Å². The minimum Gasteiger partial charge on any atom is -0.317 e. The molecule has 0 atom stereocenters. The standard InChI is InChI=1S/C22H17BrClN3O3S2/c1-2-27-19-12-5-15(23)13-20(19)31-22(27)25-21(28)14-3-8-17(9-4-14)26-32(29,30)18-10-6-16(24)7-11-18/h3-13,26H,2H2,1H3. The first-order valence-electron chi connectivity index (χ1n) is 9.53. The zero-order valence-electron chi connectivity index (χ0n) is 16.7. The molecule has 164 valence electrons. The average Bonchev–Trinajstić information content (AvgIpc) is 3.10. The van der Waals surface area contributed by atoms with Crippen molar-refractivity contribution in [2.45, 2.75) is 18.4 Å².